The Morgan fingerprint density at radius 3 is 2.40 bits per heavy atom. The first-order valence-corrected chi connectivity index (χ1v) is 12.9. The molecule has 11 heteroatoms. The normalized spacial score (nSPS) is 14.7. The van der Waals surface area contributed by atoms with Crippen LogP contribution >= 0.6 is 12.2 Å². The summed E-state index contributed by atoms with van der Waals surface area (Å²) >= 11 is 5.68. The van der Waals surface area contributed by atoms with E-state index in [4.69, 9.17) is 31.2 Å². The second-order valence-corrected chi connectivity index (χ2v) is 9.32. The lowest BCUT2D eigenvalue weighted by molar-refractivity contribution is -0.137. The lowest BCUT2D eigenvalue weighted by atomic mass is 9.92. The van der Waals surface area contributed by atoms with Crippen LogP contribution in [0.1, 0.15) is 40.0 Å². The maximum atomic E-state index is 13.3. The molecule has 0 spiro atoms. The highest BCUT2D eigenvalue weighted by atomic mass is 32.1. The molecule has 1 atom stereocenters. The standard InChI is InChI=1S/C29H29F3N2O5S/c1-4-38-27(35)18-8-10-22(11-9-18)39-17-24-23-16-26(37-3)25(36-2)14-19(23)12-13-34(24)28(40)33-21-7-5-6-20(15-21)29(30,31)32/h5-11,14-16,24H,4,12-13,17H2,1-3H3,(H,33,40)/t24-/m1/s1. The van der Waals surface area contributed by atoms with E-state index in [1.165, 1.54) is 12.1 Å². The van der Waals surface area contributed by atoms with Crippen LogP contribution in [0.25, 0.3) is 0 Å². The van der Waals surface area contributed by atoms with Crippen LogP contribution in [0.4, 0.5) is 18.9 Å². The fourth-order valence-electron chi connectivity index (χ4n) is 4.50. The summed E-state index contributed by atoms with van der Waals surface area (Å²) in [5, 5.41) is 3.22. The molecular formula is C29H29F3N2O5S. The number of fused-ring (bicyclic) bond motifs is 1. The molecule has 3 aromatic carbocycles. The zero-order valence-corrected chi connectivity index (χ0v) is 23.0. The lowest BCUT2D eigenvalue weighted by Gasteiger charge is -2.39. The van der Waals surface area contributed by atoms with Crippen molar-refractivity contribution in [2.75, 3.05) is 39.3 Å². The molecule has 0 saturated heterocycles. The number of carbonyl (C=O) groups is 1. The Morgan fingerprint density at radius 1 is 1.05 bits per heavy atom. The maximum Gasteiger partial charge on any atom is 0.416 e. The number of nitrogens with one attached hydrogen (secondary N) is 1. The average molecular weight is 575 g/mol. The van der Waals surface area contributed by atoms with Gasteiger partial charge in [-0.25, -0.2) is 4.79 Å². The molecule has 1 aliphatic heterocycles. The van der Waals surface area contributed by atoms with E-state index in [0.29, 0.717) is 35.8 Å². The van der Waals surface area contributed by atoms with Crippen molar-refractivity contribution in [3.05, 3.63) is 82.9 Å². The first-order chi connectivity index (χ1) is 19.1. The summed E-state index contributed by atoms with van der Waals surface area (Å²) in [7, 11) is 3.11. The lowest BCUT2D eigenvalue weighted by Crippen LogP contribution is -2.44. The first kappa shape index (κ1) is 29.0. The second-order valence-electron chi connectivity index (χ2n) is 8.93. The van der Waals surface area contributed by atoms with Crippen LogP contribution in [-0.4, -0.2) is 50.0 Å². The topological polar surface area (TPSA) is 69.3 Å². The van der Waals surface area contributed by atoms with Crippen molar-refractivity contribution in [2.45, 2.75) is 25.6 Å². The van der Waals surface area contributed by atoms with Crippen molar-refractivity contribution < 1.29 is 36.9 Å². The molecule has 4 rings (SSSR count). The number of halogens is 3. The van der Waals surface area contributed by atoms with Crippen LogP contribution < -0.4 is 19.5 Å². The second kappa shape index (κ2) is 12.5. The number of carbonyl (C=O) groups excluding carboxylic acids is 1. The number of thiocarbonyl (C=S) groups is 1. The van der Waals surface area contributed by atoms with E-state index in [1.54, 1.807) is 45.4 Å². The van der Waals surface area contributed by atoms with Gasteiger partial charge in [-0.05, 0) is 91.3 Å². The monoisotopic (exact) mass is 574 g/mol. The largest absolute Gasteiger partial charge is 0.493 e. The third-order valence-electron chi connectivity index (χ3n) is 6.48. The molecule has 212 valence electrons. The molecule has 0 aliphatic carbocycles. The Morgan fingerprint density at radius 2 is 1.75 bits per heavy atom. The van der Waals surface area contributed by atoms with E-state index in [0.717, 1.165) is 23.3 Å². The van der Waals surface area contributed by atoms with Crippen LogP contribution in [0, 0.1) is 0 Å². The van der Waals surface area contributed by atoms with Crippen LogP contribution in [0.2, 0.25) is 0 Å². The van der Waals surface area contributed by atoms with Gasteiger partial charge in [0, 0.05) is 12.2 Å². The van der Waals surface area contributed by atoms with Gasteiger partial charge in [0.15, 0.2) is 16.6 Å². The van der Waals surface area contributed by atoms with E-state index < -0.39 is 23.8 Å². The van der Waals surface area contributed by atoms with Gasteiger partial charge >= 0.3 is 12.1 Å². The van der Waals surface area contributed by atoms with Crippen molar-refractivity contribution in [1.82, 2.24) is 4.90 Å². The molecule has 0 unspecified atom stereocenters. The van der Waals surface area contributed by atoms with Gasteiger partial charge in [0.05, 0.1) is 38.0 Å². The highest BCUT2D eigenvalue weighted by molar-refractivity contribution is 7.80. The molecule has 0 bridgehead atoms. The van der Waals surface area contributed by atoms with Gasteiger partial charge in [0.1, 0.15) is 12.4 Å². The molecule has 3 aromatic rings. The Labute approximate surface area is 235 Å². The van der Waals surface area contributed by atoms with Gasteiger partial charge in [0.25, 0.3) is 0 Å². The third-order valence-corrected chi connectivity index (χ3v) is 6.81. The fraction of sp³-hybridized carbons (Fsp3) is 0.310. The minimum atomic E-state index is -4.47. The summed E-state index contributed by atoms with van der Waals surface area (Å²) in [6, 6.07) is 14.9. The van der Waals surface area contributed by atoms with Gasteiger partial charge in [-0.15, -0.1) is 0 Å². The zero-order valence-electron chi connectivity index (χ0n) is 22.2. The summed E-state index contributed by atoms with van der Waals surface area (Å²) in [5.41, 5.74) is 1.77. The molecule has 7 nitrogen and oxygen atoms in total. The Balaban J connectivity index is 1.61. The number of esters is 1. The predicted molar refractivity (Wildman–Crippen MR) is 148 cm³/mol. The van der Waals surface area contributed by atoms with Crippen LogP contribution in [-0.2, 0) is 17.3 Å². The molecule has 0 saturated carbocycles. The SMILES string of the molecule is CCOC(=O)c1ccc(OC[C@@H]2c3cc(OC)c(OC)cc3CCN2C(=S)Nc2cccc(C(F)(F)F)c2)cc1. The number of rotatable bonds is 8. The van der Waals surface area contributed by atoms with Crippen molar-refractivity contribution in [1.29, 1.82) is 0 Å². The highest BCUT2D eigenvalue weighted by Crippen LogP contribution is 2.39. The number of nitrogens with zero attached hydrogens (tertiary/aromatic N) is 1. The molecular weight excluding hydrogens is 545 g/mol. The molecule has 0 fully saturated rings. The molecule has 0 radical (unpaired) electrons. The summed E-state index contributed by atoms with van der Waals surface area (Å²) in [4.78, 5) is 13.9. The Hall–Kier alpha value is -3.99. The van der Waals surface area contributed by atoms with Crippen molar-refractivity contribution in [3.63, 3.8) is 0 Å². The number of hydrogen-bond acceptors (Lipinski definition) is 6. The van der Waals surface area contributed by atoms with Crippen molar-refractivity contribution in [3.8, 4) is 17.2 Å². The molecule has 1 heterocycles. The first-order valence-electron chi connectivity index (χ1n) is 12.5. The molecule has 1 N–H and O–H groups in total. The zero-order chi connectivity index (χ0) is 28.9. The maximum absolute atomic E-state index is 13.3. The number of benzene rings is 3. The average Bonchev–Trinajstić information content (AvgIpc) is 2.95. The van der Waals surface area contributed by atoms with Gasteiger partial charge < -0.3 is 29.2 Å². The van der Waals surface area contributed by atoms with Crippen LogP contribution in [0.15, 0.2) is 60.7 Å². The van der Waals surface area contributed by atoms with E-state index in [2.05, 4.69) is 5.32 Å². The number of hydrogen-bond donors (Lipinski definition) is 1. The third kappa shape index (κ3) is 6.59. The van der Waals surface area contributed by atoms with Gasteiger partial charge in [-0.2, -0.15) is 13.2 Å². The van der Waals surface area contributed by atoms with Gasteiger partial charge in [0.2, 0.25) is 0 Å². The van der Waals surface area contributed by atoms with Crippen molar-refractivity contribution >= 4 is 29.0 Å². The molecule has 0 amide bonds. The number of methoxy groups -OCH3 is 2. The van der Waals surface area contributed by atoms with E-state index in [1.807, 2.05) is 17.0 Å². The Kier molecular flexibility index (Phi) is 9.03. The van der Waals surface area contributed by atoms with E-state index in [-0.39, 0.29) is 24.0 Å². The van der Waals surface area contributed by atoms with Gasteiger partial charge in [-0.1, -0.05) is 6.07 Å². The van der Waals surface area contributed by atoms with Crippen LogP contribution in [0.5, 0.6) is 17.2 Å². The molecule has 0 aromatic heterocycles. The fourth-order valence-corrected chi connectivity index (χ4v) is 4.83. The Bertz CT molecular complexity index is 1360. The summed E-state index contributed by atoms with van der Waals surface area (Å²) in [6.45, 7) is 2.66. The van der Waals surface area contributed by atoms with E-state index >= 15 is 0 Å². The minimum absolute atomic E-state index is 0.158. The molecule has 1 aliphatic rings. The van der Waals surface area contributed by atoms with Crippen molar-refractivity contribution in [2.24, 2.45) is 0 Å². The number of ether oxygens (including phenoxy) is 4. The highest BCUT2D eigenvalue weighted by Gasteiger charge is 2.33. The minimum Gasteiger partial charge on any atom is -0.493 e. The quantitative estimate of drug-likeness (QED) is 0.249. The number of alkyl halides is 3. The number of anilines is 1. The van der Waals surface area contributed by atoms with E-state index in [9.17, 15) is 18.0 Å². The smallest absolute Gasteiger partial charge is 0.416 e. The summed E-state index contributed by atoms with van der Waals surface area (Å²) in [6.07, 6.45) is -3.86. The molecule has 40 heavy (non-hydrogen) atoms. The predicted octanol–water partition coefficient (Wildman–Crippen LogP) is 6.27. The van der Waals surface area contributed by atoms with Crippen LogP contribution in [0.3, 0.4) is 0 Å². The summed E-state index contributed by atoms with van der Waals surface area (Å²) in [5.74, 6) is 1.23. The van der Waals surface area contributed by atoms with Gasteiger partial charge in [-0.3, -0.25) is 0 Å². The summed E-state index contributed by atoms with van der Waals surface area (Å²) < 4.78 is 61.9.